The number of anilines is 1. The van der Waals surface area contributed by atoms with Gasteiger partial charge in [0.2, 0.25) is 0 Å². The number of H-pyrrole nitrogens is 1. The van der Waals surface area contributed by atoms with E-state index in [1.807, 2.05) is 13.0 Å². The van der Waals surface area contributed by atoms with Gasteiger partial charge in [-0.3, -0.25) is 9.59 Å². The first-order chi connectivity index (χ1) is 13.1. The number of morpholine rings is 1. The summed E-state index contributed by atoms with van der Waals surface area (Å²) in [6.45, 7) is 4.11. The SMILES string of the molecule is Cc1ccc(NC(=O)c2ccc3[nH]cnc3n2)cc1C(=O)N1CCOCC1. The van der Waals surface area contributed by atoms with Crippen LogP contribution >= 0.6 is 0 Å². The van der Waals surface area contributed by atoms with E-state index in [1.165, 1.54) is 6.33 Å². The van der Waals surface area contributed by atoms with Crippen LogP contribution in [0.5, 0.6) is 0 Å². The first-order valence-corrected chi connectivity index (χ1v) is 8.71. The van der Waals surface area contributed by atoms with Crippen molar-refractivity contribution in [3.05, 3.63) is 53.5 Å². The van der Waals surface area contributed by atoms with Gasteiger partial charge in [-0.05, 0) is 36.8 Å². The number of nitrogens with one attached hydrogen (secondary N) is 2. The highest BCUT2D eigenvalue weighted by atomic mass is 16.5. The molecule has 1 aromatic carbocycles. The third kappa shape index (κ3) is 3.52. The first kappa shape index (κ1) is 17.2. The fraction of sp³-hybridized carbons (Fsp3) is 0.263. The number of rotatable bonds is 3. The number of aromatic nitrogens is 3. The number of hydrogen-bond acceptors (Lipinski definition) is 5. The number of benzene rings is 1. The molecule has 0 bridgehead atoms. The van der Waals surface area contributed by atoms with Crippen LogP contribution in [0.15, 0.2) is 36.7 Å². The standard InChI is InChI=1S/C19H19N5O3/c1-12-2-3-13(10-14(12)19(26)24-6-8-27-9-7-24)22-18(25)16-5-4-15-17(23-16)21-11-20-15/h2-5,10-11H,6-9H2,1H3,(H,22,25)(H,20,21,23). The highest BCUT2D eigenvalue weighted by Crippen LogP contribution is 2.19. The predicted molar refractivity (Wildman–Crippen MR) is 99.7 cm³/mol. The number of ether oxygens (including phenoxy) is 1. The summed E-state index contributed by atoms with van der Waals surface area (Å²) in [6, 6.07) is 8.69. The van der Waals surface area contributed by atoms with E-state index in [2.05, 4.69) is 20.3 Å². The van der Waals surface area contributed by atoms with Gasteiger partial charge < -0.3 is 19.9 Å². The summed E-state index contributed by atoms with van der Waals surface area (Å²) in [7, 11) is 0. The molecule has 0 aliphatic carbocycles. The Morgan fingerprint density at radius 3 is 2.81 bits per heavy atom. The fourth-order valence-electron chi connectivity index (χ4n) is 3.01. The molecule has 1 aliphatic heterocycles. The Labute approximate surface area is 155 Å². The van der Waals surface area contributed by atoms with Gasteiger partial charge in [-0.15, -0.1) is 0 Å². The van der Waals surface area contributed by atoms with E-state index >= 15 is 0 Å². The lowest BCUT2D eigenvalue weighted by Crippen LogP contribution is -2.41. The Balaban J connectivity index is 1.55. The van der Waals surface area contributed by atoms with Gasteiger partial charge in [0.15, 0.2) is 5.65 Å². The lowest BCUT2D eigenvalue weighted by atomic mass is 10.1. The zero-order chi connectivity index (χ0) is 18.8. The minimum absolute atomic E-state index is 0.0528. The smallest absolute Gasteiger partial charge is 0.274 e. The fourth-order valence-corrected chi connectivity index (χ4v) is 3.01. The molecule has 8 nitrogen and oxygen atoms in total. The quantitative estimate of drug-likeness (QED) is 0.739. The number of carbonyl (C=O) groups excluding carboxylic acids is 2. The van der Waals surface area contributed by atoms with Gasteiger partial charge in [0, 0.05) is 24.3 Å². The average Bonchev–Trinajstić information content (AvgIpc) is 3.17. The Bertz CT molecular complexity index is 1010. The first-order valence-electron chi connectivity index (χ1n) is 8.71. The number of imidazole rings is 1. The van der Waals surface area contributed by atoms with Crippen LogP contribution in [0.2, 0.25) is 0 Å². The van der Waals surface area contributed by atoms with Crippen LogP contribution in [0, 0.1) is 6.92 Å². The summed E-state index contributed by atoms with van der Waals surface area (Å²) in [6.07, 6.45) is 1.53. The van der Waals surface area contributed by atoms with Crippen molar-refractivity contribution in [1.82, 2.24) is 19.9 Å². The number of amides is 2. The van der Waals surface area contributed by atoms with Crippen LogP contribution in [-0.2, 0) is 4.74 Å². The van der Waals surface area contributed by atoms with Gasteiger partial charge >= 0.3 is 0 Å². The lowest BCUT2D eigenvalue weighted by Gasteiger charge is -2.27. The second-order valence-corrected chi connectivity index (χ2v) is 6.36. The number of aryl methyl sites for hydroxylation is 1. The molecular formula is C19H19N5O3. The molecule has 0 spiro atoms. The molecule has 27 heavy (non-hydrogen) atoms. The van der Waals surface area contributed by atoms with E-state index in [-0.39, 0.29) is 17.5 Å². The Morgan fingerprint density at radius 2 is 2.00 bits per heavy atom. The van der Waals surface area contributed by atoms with E-state index in [0.717, 1.165) is 11.1 Å². The van der Waals surface area contributed by atoms with E-state index in [0.29, 0.717) is 43.2 Å². The average molecular weight is 365 g/mol. The van der Waals surface area contributed by atoms with Crippen molar-refractivity contribution in [1.29, 1.82) is 0 Å². The molecular weight excluding hydrogens is 346 g/mol. The zero-order valence-electron chi connectivity index (χ0n) is 14.9. The molecule has 1 aliphatic rings. The molecule has 1 fully saturated rings. The van der Waals surface area contributed by atoms with Crippen molar-refractivity contribution < 1.29 is 14.3 Å². The monoisotopic (exact) mass is 365 g/mol. The molecule has 4 rings (SSSR count). The maximum absolute atomic E-state index is 12.8. The molecule has 0 atom stereocenters. The lowest BCUT2D eigenvalue weighted by molar-refractivity contribution is 0.0302. The van der Waals surface area contributed by atoms with Gasteiger partial charge in [-0.1, -0.05) is 6.07 Å². The zero-order valence-corrected chi connectivity index (χ0v) is 14.9. The van der Waals surface area contributed by atoms with E-state index < -0.39 is 0 Å². The Kier molecular flexibility index (Phi) is 4.55. The molecule has 3 aromatic rings. The van der Waals surface area contributed by atoms with Crippen LogP contribution in [0.3, 0.4) is 0 Å². The molecule has 8 heteroatoms. The third-order valence-corrected chi connectivity index (χ3v) is 4.54. The Hall–Kier alpha value is -3.26. The minimum atomic E-state index is -0.353. The van der Waals surface area contributed by atoms with Crippen molar-refractivity contribution >= 4 is 28.7 Å². The van der Waals surface area contributed by atoms with Crippen molar-refractivity contribution in [2.75, 3.05) is 31.6 Å². The van der Waals surface area contributed by atoms with Crippen LogP contribution in [0.4, 0.5) is 5.69 Å². The summed E-state index contributed by atoms with van der Waals surface area (Å²) in [4.78, 5) is 38.3. The maximum Gasteiger partial charge on any atom is 0.274 e. The van der Waals surface area contributed by atoms with Crippen LogP contribution in [0.1, 0.15) is 26.4 Å². The van der Waals surface area contributed by atoms with Gasteiger partial charge in [-0.2, -0.15) is 0 Å². The number of aromatic amines is 1. The van der Waals surface area contributed by atoms with E-state index in [9.17, 15) is 9.59 Å². The number of hydrogen-bond donors (Lipinski definition) is 2. The van der Waals surface area contributed by atoms with Crippen molar-refractivity contribution in [3.8, 4) is 0 Å². The van der Waals surface area contributed by atoms with Gasteiger partial charge in [0.05, 0.1) is 25.1 Å². The second-order valence-electron chi connectivity index (χ2n) is 6.36. The van der Waals surface area contributed by atoms with Crippen molar-refractivity contribution in [2.24, 2.45) is 0 Å². The number of fused-ring (bicyclic) bond motifs is 1. The molecule has 2 N–H and O–H groups in total. The number of carbonyl (C=O) groups is 2. The minimum Gasteiger partial charge on any atom is -0.378 e. The molecule has 3 heterocycles. The van der Waals surface area contributed by atoms with Gasteiger partial charge in [0.1, 0.15) is 5.69 Å². The highest BCUT2D eigenvalue weighted by molar-refractivity contribution is 6.05. The second kappa shape index (κ2) is 7.16. The van der Waals surface area contributed by atoms with Crippen LogP contribution in [0.25, 0.3) is 11.2 Å². The van der Waals surface area contributed by atoms with E-state index in [1.54, 1.807) is 29.2 Å². The van der Waals surface area contributed by atoms with E-state index in [4.69, 9.17) is 4.74 Å². The van der Waals surface area contributed by atoms with Gasteiger partial charge in [-0.25, -0.2) is 9.97 Å². The summed E-state index contributed by atoms with van der Waals surface area (Å²) < 4.78 is 5.30. The molecule has 0 radical (unpaired) electrons. The summed E-state index contributed by atoms with van der Waals surface area (Å²) >= 11 is 0. The summed E-state index contributed by atoms with van der Waals surface area (Å²) in [5.74, 6) is -0.406. The number of nitrogens with zero attached hydrogens (tertiary/aromatic N) is 3. The normalized spacial score (nSPS) is 14.3. The molecule has 138 valence electrons. The third-order valence-electron chi connectivity index (χ3n) is 4.54. The summed E-state index contributed by atoms with van der Waals surface area (Å²) in [5, 5.41) is 2.81. The largest absolute Gasteiger partial charge is 0.378 e. The topological polar surface area (TPSA) is 100 Å². The van der Waals surface area contributed by atoms with Crippen molar-refractivity contribution in [2.45, 2.75) is 6.92 Å². The molecule has 1 saturated heterocycles. The predicted octanol–water partition coefficient (Wildman–Crippen LogP) is 1.99. The summed E-state index contributed by atoms with van der Waals surface area (Å²) in [5.41, 5.74) is 3.49. The maximum atomic E-state index is 12.8. The molecule has 2 amide bonds. The van der Waals surface area contributed by atoms with Crippen LogP contribution < -0.4 is 5.32 Å². The number of pyridine rings is 1. The molecule has 0 unspecified atom stereocenters. The van der Waals surface area contributed by atoms with Gasteiger partial charge in [0.25, 0.3) is 11.8 Å². The highest BCUT2D eigenvalue weighted by Gasteiger charge is 2.21. The molecule has 2 aromatic heterocycles. The Morgan fingerprint density at radius 1 is 1.19 bits per heavy atom. The van der Waals surface area contributed by atoms with Crippen LogP contribution in [-0.4, -0.2) is 58.0 Å². The van der Waals surface area contributed by atoms with Crippen molar-refractivity contribution in [3.63, 3.8) is 0 Å². The molecule has 0 saturated carbocycles.